The number of ether oxygens (including phenoxy) is 1. The molecule has 2 nitrogen and oxygen atoms in total. The Hall–Kier alpha value is -2.09. The minimum Gasteiger partial charge on any atom is -0.426 e. The molecule has 0 spiro atoms. The smallest absolute Gasteiger partial charge is 0.311 e. The van der Waals surface area contributed by atoms with Gasteiger partial charge in [0.2, 0.25) is 0 Å². The lowest BCUT2D eigenvalue weighted by Crippen LogP contribution is -2.21. The maximum absolute atomic E-state index is 11.6. The maximum Gasteiger partial charge on any atom is 0.311 e. The van der Waals surface area contributed by atoms with Crippen LogP contribution in [-0.4, -0.2) is 5.97 Å². The Bertz CT molecular complexity index is 560. The third-order valence-electron chi connectivity index (χ3n) is 3.32. The zero-order chi connectivity index (χ0) is 12.4. The van der Waals surface area contributed by atoms with E-state index in [4.69, 9.17) is 4.74 Å². The Morgan fingerprint density at radius 3 is 2.56 bits per heavy atom. The molecule has 0 aliphatic carbocycles. The van der Waals surface area contributed by atoms with Gasteiger partial charge in [-0.05, 0) is 23.6 Å². The van der Waals surface area contributed by atoms with Crippen molar-refractivity contribution >= 4 is 5.97 Å². The second-order valence-corrected chi connectivity index (χ2v) is 4.60. The number of hydrogen-bond donors (Lipinski definition) is 0. The van der Waals surface area contributed by atoms with Crippen molar-refractivity contribution in [2.45, 2.75) is 18.8 Å². The molecule has 1 heterocycles. The molecule has 1 unspecified atom stereocenters. The number of carbonyl (C=O) groups excluding carboxylic acids is 1. The van der Waals surface area contributed by atoms with E-state index in [0.717, 1.165) is 17.7 Å². The van der Waals surface area contributed by atoms with Crippen molar-refractivity contribution in [3.8, 4) is 5.75 Å². The second kappa shape index (κ2) is 4.65. The van der Waals surface area contributed by atoms with E-state index in [1.807, 2.05) is 36.4 Å². The topological polar surface area (TPSA) is 26.3 Å². The van der Waals surface area contributed by atoms with Gasteiger partial charge in [-0.2, -0.15) is 0 Å². The van der Waals surface area contributed by atoms with Gasteiger partial charge in [0, 0.05) is 5.92 Å². The van der Waals surface area contributed by atoms with E-state index in [-0.39, 0.29) is 11.9 Å². The predicted molar refractivity (Wildman–Crippen MR) is 69.6 cm³/mol. The van der Waals surface area contributed by atoms with E-state index < -0.39 is 0 Å². The molecule has 18 heavy (non-hydrogen) atoms. The van der Waals surface area contributed by atoms with Gasteiger partial charge >= 0.3 is 5.97 Å². The summed E-state index contributed by atoms with van der Waals surface area (Å²) in [6.07, 6.45) is 1.35. The van der Waals surface area contributed by atoms with Gasteiger partial charge in [-0.25, -0.2) is 0 Å². The summed E-state index contributed by atoms with van der Waals surface area (Å²) in [7, 11) is 0. The first-order valence-electron chi connectivity index (χ1n) is 6.16. The zero-order valence-electron chi connectivity index (χ0n) is 10.0. The van der Waals surface area contributed by atoms with Gasteiger partial charge < -0.3 is 4.74 Å². The van der Waals surface area contributed by atoms with E-state index in [2.05, 4.69) is 18.2 Å². The van der Waals surface area contributed by atoms with E-state index in [1.54, 1.807) is 0 Å². The molecule has 1 atom stereocenters. The van der Waals surface area contributed by atoms with Crippen LogP contribution >= 0.6 is 0 Å². The molecule has 0 saturated carbocycles. The molecule has 1 aliphatic rings. The van der Waals surface area contributed by atoms with E-state index in [1.165, 1.54) is 5.56 Å². The van der Waals surface area contributed by atoms with Crippen LogP contribution in [0.3, 0.4) is 0 Å². The Morgan fingerprint density at radius 1 is 1.00 bits per heavy atom. The average Bonchev–Trinajstić information content (AvgIpc) is 2.40. The number of benzene rings is 2. The zero-order valence-corrected chi connectivity index (χ0v) is 10.0. The van der Waals surface area contributed by atoms with Crippen molar-refractivity contribution in [1.29, 1.82) is 0 Å². The lowest BCUT2D eigenvalue weighted by molar-refractivity contribution is -0.135. The summed E-state index contributed by atoms with van der Waals surface area (Å²) in [5.41, 5.74) is 2.40. The first-order chi connectivity index (χ1) is 8.83. The van der Waals surface area contributed by atoms with Crippen LogP contribution in [0.4, 0.5) is 0 Å². The molecule has 0 radical (unpaired) electrons. The van der Waals surface area contributed by atoms with Crippen LogP contribution in [0.5, 0.6) is 5.75 Å². The average molecular weight is 238 g/mol. The quantitative estimate of drug-likeness (QED) is 0.592. The molecule has 3 rings (SSSR count). The standard InChI is InChI=1S/C16H14O2/c17-16-11-13(10-12-6-2-1-3-7-12)14-8-4-5-9-15(14)18-16/h1-9,13H,10-11H2. The van der Waals surface area contributed by atoms with Crippen LogP contribution in [0.1, 0.15) is 23.5 Å². The number of para-hydroxylation sites is 1. The summed E-state index contributed by atoms with van der Waals surface area (Å²) < 4.78 is 5.26. The minimum absolute atomic E-state index is 0.130. The van der Waals surface area contributed by atoms with Gasteiger partial charge in [-0.1, -0.05) is 48.5 Å². The molecular formula is C16H14O2. The van der Waals surface area contributed by atoms with E-state index in [0.29, 0.717) is 6.42 Å². The van der Waals surface area contributed by atoms with Crippen LogP contribution in [0.2, 0.25) is 0 Å². The van der Waals surface area contributed by atoms with E-state index >= 15 is 0 Å². The van der Waals surface area contributed by atoms with Crippen LogP contribution in [0, 0.1) is 0 Å². The Morgan fingerprint density at radius 2 is 1.72 bits per heavy atom. The van der Waals surface area contributed by atoms with Crippen LogP contribution in [0.25, 0.3) is 0 Å². The highest BCUT2D eigenvalue weighted by Crippen LogP contribution is 2.35. The van der Waals surface area contributed by atoms with Crippen molar-refractivity contribution in [1.82, 2.24) is 0 Å². The molecule has 0 aromatic heterocycles. The molecule has 1 aliphatic heterocycles. The fourth-order valence-corrected chi connectivity index (χ4v) is 2.47. The Balaban J connectivity index is 1.91. The molecule has 2 aromatic rings. The predicted octanol–water partition coefficient (Wildman–Crippen LogP) is 3.32. The van der Waals surface area contributed by atoms with Crippen molar-refractivity contribution in [2.24, 2.45) is 0 Å². The number of rotatable bonds is 2. The molecule has 90 valence electrons. The highest BCUT2D eigenvalue weighted by molar-refractivity contribution is 5.76. The summed E-state index contributed by atoms with van der Waals surface area (Å²) in [5.74, 6) is 0.814. The fourth-order valence-electron chi connectivity index (χ4n) is 2.47. The highest BCUT2D eigenvalue weighted by Gasteiger charge is 2.26. The van der Waals surface area contributed by atoms with Gasteiger partial charge in [0.1, 0.15) is 5.75 Å². The highest BCUT2D eigenvalue weighted by atomic mass is 16.5. The van der Waals surface area contributed by atoms with Crippen molar-refractivity contribution < 1.29 is 9.53 Å². The maximum atomic E-state index is 11.6. The molecular weight excluding hydrogens is 224 g/mol. The number of hydrogen-bond acceptors (Lipinski definition) is 2. The summed E-state index contributed by atoms with van der Waals surface area (Å²) in [5, 5.41) is 0. The van der Waals surface area contributed by atoms with Crippen molar-refractivity contribution in [3.05, 3.63) is 65.7 Å². The Kier molecular flexibility index (Phi) is 2.85. The van der Waals surface area contributed by atoms with Crippen LogP contribution in [-0.2, 0) is 11.2 Å². The molecule has 0 fully saturated rings. The van der Waals surface area contributed by atoms with Gasteiger partial charge in [0.25, 0.3) is 0 Å². The number of carbonyl (C=O) groups is 1. The first-order valence-corrected chi connectivity index (χ1v) is 6.16. The number of esters is 1. The lowest BCUT2D eigenvalue weighted by Gasteiger charge is -2.24. The first kappa shape index (κ1) is 11.0. The van der Waals surface area contributed by atoms with Crippen molar-refractivity contribution in [3.63, 3.8) is 0 Å². The van der Waals surface area contributed by atoms with Gasteiger partial charge in [-0.15, -0.1) is 0 Å². The summed E-state index contributed by atoms with van der Waals surface area (Å²) in [6, 6.07) is 18.1. The minimum atomic E-state index is -0.130. The van der Waals surface area contributed by atoms with E-state index in [9.17, 15) is 4.79 Å². The largest absolute Gasteiger partial charge is 0.426 e. The lowest BCUT2D eigenvalue weighted by atomic mass is 9.87. The summed E-state index contributed by atoms with van der Waals surface area (Å²) in [6.45, 7) is 0. The molecule has 0 bridgehead atoms. The molecule has 0 saturated heterocycles. The van der Waals surface area contributed by atoms with Gasteiger partial charge in [0.05, 0.1) is 6.42 Å². The fraction of sp³-hybridized carbons (Fsp3) is 0.188. The van der Waals surface area contributed by atoms with Crippen LogP contribution in [0.15, 0.2) is 54.6 Å². The van der Waals surface area contributed by atoms with Crippen LogP contribution < -0.4 is 4.74 Å². The molecule has 0 amide bonds. The molecule has 2 heteroatoms. The van der Waals surface area contributed by atoms with Gasteiger partial charge in [-0.3, -0.25) is 4.79 Å². The SMILES string of the molecule is O=C1CC(Cc2ccccc2)c2ccccc2O1. The molecule has 2 aromatic carbocycles. The third kappa shape index (κ3) is 2.14. The summed E-state index contributed by atoms with van der Waals surface area (Å²) >= 11 is 0. The third-order valence-corrected chi connectivity index (χ3v) is 3.32. The normalized spacial score (nSPS) is 18.0. The monoisotopic (exact) mass is 238 g/mol. The molecule has 0 N–H and O–H groups in total. The Labute approximate surface area is 106 Å². The number of fused-ring (bicyclic) bond motifs is 1. The van der Waals surface area contributed by atoms with Crippen molar-refractivity contribution in [2.75, 3.05) is 0 Å². The second-order valence-electron chi connectivity index (χ2n) is 4.60. The summed E-state index contributed by atoms with van der Waals surface area (Å²) in [4.78, 5) is 11.6. The van der Waals surface area contributed by atoms with Gasteiger partial charge in [0.15, 0.2) is 0 Å².